The number of benzene rings is 1. The van der Waals surface area contributed by atoms with Crippen molar-refractivity contribution in [1.82, 2.24) is 4.90 Å². The van der Waals surface area contributed by atoms with Gasteiger partial charge in [0, 0.05) is 9.48 Å². The summed E-state index contributed by atoms with van der Waals surface area (Å²) in [6.45, 7) is 8.40. The molecule has 0 atom stereocenters. The van der Waals surface area contributed by atoms with E-state index in [0.29, 0.717) is 12.8 Å². The van der Waals surface area contributed by atoms with E-state index in [2.05, 4.69) is 6.07 Å². The van der Waals surface area contributed by atoms with Gasteiger partial charge < -0.3 is 9.31 Å². The van der Waals surface area contributed by atoms with Gasteiger partial charge in [-0.15, -0.1) is 11.3 Å². The smallest absolute Gasteiger partial charge is 0.399 e. The molecule has 3 rings (SSSR count). The molecule has 1 aromatic carbocycles. The summed E-state index contributed by atoms with van der Waals surface area (Å²) in [6, 6.07) is 7.96. The minimum atomic E-state index is -0.378. The molecular weight excluding hydrogens is 325 g/mol. The van der Waals surface area contributed by atoms with Crippen molar-refractivity contribution in [2.75, 3.05) is 0 Å². The van der Waals surface area contributed by atoms with Crippen LogP contribution in [0.4, 0.5) is 0 Å². The molecule has 0 unspecified atom stereocenters. The molecule has 1 aliphatic rings. The van der Waals surface area contributed by atoms with Crippen LogP contribution in [0.1, 0.15) is 33.3 Å². The Morgan fingerprint density at radius 3 is 2.29 bits per heavy atom. The minimum Gasteiger partial charge on any atom is -0.399 e. The van der Waals surface area contributed by atoms with Crippen molar-refractivity contribution in [2.24, 2.45) is 0 Å². The lowest BCUT2D eigenvalue weighted by molar-refractivity contribution is -0.129. The largest absolute Gasteiger partial charge is 0.505 e. The second kappa shape index (κ2) is 5.99. The normalized spacial score (nSPS) is 18.8. The van der Waals surface area contributed by atoms with Gasteiger partial charge in [-0.25, -0.2) is 0 Å². The number of fused-ring (bicyclic) bond motifs is 1. The maximum atomic E-state index is 10.8. The Hall–Kier alpha value is -1.70. The van der Waals surface area contributed by atoms with Crippen LogP contribution in [0.2, 0.25) is 0 Å². The first-order valence-corrected chi connectivity index (χ1v) is 8.62. The van der Waals surface area contributed by atoms with Crippen LogP contribution in [0, 0.1) is 0 Å². The van der Waals surface area contributed by atoms with E-state index in [1.807, 2.05) is 45.9 Å². The fraction of sp³-hybridized carbons (Fsp3) is 0.412. The van der Waals surface area contributed by atoms with E-state index in [9.17, 15) is 9.59 Å². The van der Waals surface area contributed by atoms with Crippen molar-refractivity contribution in [3.63, 3.8) is 0 Å². The third-order valence-corrected chi connectivity index (χ3v) is 5.86. The van der Waals surface area contributed by atoms with E-state index in [-0.39, 0.29) is 24.9 Å². The number of rotatable bonds is 5. The van der Waals surface area contributed by atoms with Crippen LogP contribution >= 0.6 is 11.3 Å². The lowest BCUT2D eigenvalue weighted by atomic mass is 9.87. The monoisotopic (exact) mass is 345 g/mol. The molecule has 1 fully saturated rings. The van der Waals surface area contributed by atoms with Gasteiger partial charge in [0.25, 0.3) is 0 Å². The lowest BCUT2D eigenvalue weighted by Crippen LogP contribution is -2.41. The van der Waals surface area contributed by atoms with Gasteiger partial charge in [-0.3, -0.25) is 14.5 Å². The van der Waals surface area contributed by atoms with Crippen LogP contribution < -0.4 is 4.78 Å². The Labute approximate surface area is 145 Å². The second-order valence-electron chi connectivity index (χ2n) is 6.99. The summed E-state index contributed by atoms with van der Waals surface area (Å²) < 4.78 is 14.3. The number of carbonyl (C=O) groups excluding carboxylic acids is 2. The number of carbonyl (C=O) groups is 2. The van der Waals surface area contributed by atoms with Crippen LogP contribution in [-0.4, -0.2) is 36.0 Å². The zero-order valence-corrected chi connectivity index (χ0v) is 15.1. The predicted molar refractivity (Wildman–Crippen MR) is 95.2 cm³/mol. The molecule has 0 N–H and O–H groups in total. The fourth-order valence-corrected chi connectivity index (χ4v) is 3.60. The molecule has 126 valence electrons. The highest BCUT2D eigenvalue weighted by atomic mass is 32.1. The van der Waals surface area contributed by atoms with E-state index >= 15 is 0 Å². The number of nitrogens with zero attached hydrogens (tertiary/aromatic N) is 1. The average Bonchev–Trinajstić information content (AvgIpc) is 3.03. The van der Waals surface area contributed by atoms with Crippen LogP contribution in [0.25, 0.3) is 10.1 Å². The summed E-state index contributed by atoms with van der Waals surface area (Å²) in [7, 11) is -0.378. The first kappa shape index (κ1) is 17.1. The van der Waals surface area contributed by atoms with Crippen molar-refractivity contribution in [1.29, 1.82) is 0 Å². The highest BCUT2D eigenvalue weighted by molar-refractivity contribution is 7.28. The molecule has 1 saturated heterocycles. The molecular formula is C17H20BNO4S. The quantitative estimate of drug-likeness (QED) is 0.616. The van der Waals surface area contributed by atoms with E-state index in [1.165, 1.54) is 0 Å². The molecule has 2 amide bonds. The molecule has 1 aromatic heterocycles. The Morgan fingerprint density at radius 1 is 1.08 bits per heavy atom. The molecule has 0 aliphatic carbocycles. The van der Waals surface area contributed by atoms with Crippen molar-refractivity contribution in [2.45, 2.75) is 45.4 Å². The molecule has 0 bridgehead atoms. The third-order valence-electron chi connectivity index (χ3n) is 4.72. The standard InChI is InChI=1S/C17H20BNO4S/c1-16(2)17(3,4)23-18(22-16)15-8-13-7-12(5-6-14(13)24-15)9-19(10-20)11-21/h5-8,10-11H,9H2,1-4H3. The second-order valence-corrected chi connectivity index (χ2v) is 8.11. The number of thiophene rings is 1. The van der Waals surface area contributed by atoms with Gasteiger partial charge in [0.2, 0.25) is 12.8 Å². The Kier molecular flexibility index (Phi) is 4.27. The van der Waals surface area contributed by atoms with Crippen LogP contribution in [0.15, 0.2) is 24.3 Å². The van der Waals surface area contributed by atoms with Crippen molar-refractivity contribution in [3.8, 4) is 0 Å². The van der Waals surface area contributed by atoms with Crippen molar-refractivity contribution < 1.29 is 18.9 Å². The number of hydrogen-bond acceptors (Lipinski definition) is 5. The van der Waals surface area contributed by atoms with Gasteiger partial charge in [0.15, 0.2) is 0 Å². The third kappa shape index (κ3) is 2.99. The molecule has 1 aliphatic heterocycles. The molecule has 24 heavy (non-hydrogen) atoms. The molecule has 2 heterocycles. The predicted octanol–water partition coefficient (Wildman–Crippen LogP) is 2.32. The van der Waals surface area contributed by atoms with Crippen LogP contribution in [0.3, 0.4) is 0 Å². The molecule has 7 heteroatoms. The van der Waals surface area contributed by atoms with Crippen molar-refractivity contribution in [3.05, 3.63) is 29.8 Å². The minimum absolute atomic E-state index is 0.268. The van der Waals surface area contributed by atoms with Gasteiger partial charge in [0.05, 0.1) is 17.7 Å². The Balaban J connectivity index is 1.87. The molecule has 0 radical (unpaired) electrons. The number of hydrogen-bond donors (Lipinski definition) is 0. The van der Waals surface area contributed by atoms with Gasteiger partial charge >= 0.3 is 7.12 Å². The molecule has 0 spiro atoms. The average molecular weight is 345 g/mol. The summed E-state index contributed by atoms with van der Waals surface area (Å²) in [5.41, 5.74) is 0.167. The lowest BCUT2D eigenvalue weighted by Gasteiger charge is -2.32. The summed E-state index contributed by atoms with van der Waals surface area (Å²) in [5.74, 6) is 0. The summed E-state index contributed by atoms with van der Waals surface area (Å²) in [6.07, 6.45) is 1.06. The van der Waals surface area contributed by atoms with E-state index < -0.39 is 0 Å². The SMILES string of the molecule is CC1(C)OB(c2cc3cc(CN(C=O)C=O)ccc3s2)OC1(C)C. The van der Waals surface area contributed by atoms with Gasteiger partial charge in [-0.1, -0.05) is 6.07 Å². The van der Waals surface area contributed by atoms with E-state index in [1.54, 1.807) is 11.3 Å². The number of imide groups is 1. The zero-order chi connectivity index (χ0) is 17.5. The van der Waals surface area contributed by atoms with Gasteiger partial charge in [-0.05, 0) is 56.8 Å². The molecule has 0 saturated carbocycles. The molecule has 5 nitrogen and oxygen atoms in total. The zero-order valence-electron chi connectivity index (χ0n) is 14.2. The van der Waals surface area contributed by atoms with Crippen LogP contribution in [0.5, 0.6) is 0 Å². The Bertz CT molecular complexity index is 762. The summed E-state index contributed by atoms with van der Waals surface area (Å²) >= 11 is 1.63. The number of amides is 2. The summed E-state index contributed by atoms with van der Waals surface area (Å²) in [5, 5.41) is 1.05. The first-order valence-electron chi connectivity index (χ1n) is 7.80. The van der Waals surface area contributed by atoms with Crippen molar-refractivity contribution >= 4 is 46.1 Å². The fourth-order valence-electron chi connectivity index (χ4n) is 2.60. The first-order chi connectivity index (χ1) is 11.3. The highest BCUT2D eigenvalue weighted by Gasteiger charge is 2.52. The topological polar surface area (TPSA) is 55.8 Å². The van der Waals surface area contributed by atoms with Gasteiger partial charge in [0.1, 0.15) is 0 Å². The Morgan fingerprint density at radius 2 is 1.71 bits per heavy atom. The maximum absolute atomic E-state index is 10.8. The van der Waals surface area contributed by atoms with E-state index in [4.69, 9.17) is 9.31 Å². The van der Waals surface area contributed by atoms with E-state index in [0.717, 1.165) is 25.3 Å². The van der Waals surface area contributed by atoms with Gasteiger partial charge in [-0.2, -0.15) is 0 Å². The summed E-state index contributed by atoms with van der Waals surface area (Å²) in [4.78, 5) is 22.6. The molecule has 2 aromatic rings. The van der Waals surface area contributed by atoms with Crippen LogP contribution in [-0.2, 0) is 25.4 Å². The highest BCUT2D eigenvalue weighted by Crippen LogP contribution is 2.37. The maximum Gasteiger partial charge on any atom is 0.505 e.